The second-order valence-electron chi connectivity index (χ2n) is 10.5. The van der Waals surface area contributed by atoms with Crippen LogP contribution in [-0.4, -0.2) is 50.1 Å². The van der Waals surface area contributed by atoms with Crippen LogP contribution in [-0.2, 0) is 29.1 Å². The predicted molar refractivity (Wildman–Crippen MR) is 134 cm³/mol. The molecule has 0 aliphatic carbocycles. The quantitative estimate of drug-likeness (QED) is 0.188. The van der Waals surface area contributed by atoms with Crippen molar-refractivity contribution in [3.05, 3.63) is 21.3 Å². The molecule has 0 atom stereocenters. The first kappa shape index (κ1) is 41.1. The van der Waals surface area contributed by atoms with E-state index in [4.69, 9.17) is 9.59 Å². The van der Waals surface area contributed by atoms with Gasteiger partial charge in [0.2, 0.25) is 0 Å². The summed E-state index contributed by atoms with van der Waals surface area (Å²) in [6.07, 6.45) is 0.264. The summed E-state index contributed by atoms with van der Waals surface area (Å²) in [7, 11) is 0. The second kappa shape index (κ2) is 21.6. The van der Waals surface area contributed by atoms with E-state index >= 15 is 0 Å². The van der Waals surface area contributed by atoms with Crippen molar-refractivity contribution in [2.45, 2.75) is 133 Å². The van der Waals surface area contributed by atoms with Gasteiger partial charge in [0.1, 0.15) is 0 Å². The van der Waals surface area contributed by atoms with Crippen molar-refractivity contribution < 1.29 is 29.1 Å². The molecule has 31 heavy (non-hydrogen) atoms. The van der Waals surface area contributed by atoms with Gasteiger partial charge in [0.15, 0.2) is 0 Å². The molecule has 0 aliphatic rings. The predicted octanol–water partition coefficient (Wildman–Crippen LogP) is 7.29. The fraction of sp³-hybridized carbons (Fsp3) is 0.917. The average molecular weight is 528 g/mol. The van der Waals surface area contributed by atoms with Crippen LogP contribution in [0.2, 0.25) is 0 Å². The van der Waals surface area contributed by atoms with Crippen LogP contribution < -0.4 is 0 Å². The molecule has 0 spiro atoms. The van der Waals surface area contributed by atoms with E-state index in [-0.39, 0.29) is 42.6 Å². The van der Waals surface area contributed by atoms with Gasteiger partial charge in [-0.15, -0.1) is 24.2 Å². The summed E-state index contributed by atoms with van der Waals surface area (Å²) in [4.78, 5) is 15.5. The molecule has 0 heterocycles. The van der Waals surface area contributed by atoms with E-state index in [2.05, 4.69) is 132 Å². The van der Waals surface area contributed by atoms with E-state index in [1.54, 1.807) is 0 Å². The summed E-state index contributed by atoms with van der Waals surface area (Å²) in [6, 6.07) is 1.47. The number of hydrogen-bond donors (Lipinski definition) is 0. The first-order valence-corrected chi connectivity index (χ1v) is 10.7. The van der Waals surface area contributed by atoms with Gasteiger partial charge in [-0.25, -0.2) is 12.3 Å². The first-order valence-electron chi connectivity index (χ1n) is 10.7. The molecule has 0 radical (unpaired) electrons. The molecule has 0 aromatic rings. The number of carbonyl (C=O) groups excluding carboxylic acids is 2. The molecule has 0 aromatic carbocycles. The summed E-state index contributed by atoms with van der Waals surface area (Å²) >= 11 is 0. The topological polar surface area (TPSA) is 90.5 Å². The van der Waals surface area contributed by atoms with Crippen molar-refractivity contribution in [1.29, 1.82) is 0 Å². The van der Waals surface area contributed by atoms with Gasteiger partial charge in [-0.3, -0.25) is 13.6 Å². The third kappa shape index (κ3) is 29.8. The van der Waals surface area contributed by atoms with Crippen LogP contribution in [0.25, 0.3) is 21.3 Å². The molecule has 0 N–H and O–H groups in total. The molecule has 0 saturated heterocycles. The van der Waals surface area contributed by atoms with Crippen LogP contribution in [0.15, 0.2) is 0 Å². The van der Waals surface area contributed by atoms with Gasteiger partial charge in [-0.1, -0.05) is 108 Å². The van der Waals surface area contributed by atoms with Gasteiger partial charge < -0.3 is 30.9 Å². The number of rotatable bonds is 8. The van der Waals surface area contributed by atoms with Crippen molar-refractivity contribution in [2.75, 3.05) is 0 Å². The van der Waals surface area contributed by atoms with E-state index in [1.807, 2.05) is 0 Å². The Balaban J connectivity index is -0.000000122. The van der Waals surface area contributed by atoms with Crippen molar-refractivity contribution in [3.8, 4) is 0 Å². The van der Waals surface area contributed by atoms with Crippen molar-refractivity contribution in [3.63, 3.8) is 0 Å². The van der Waals surface area contributed by atoms with Gasteiger partial charge in [0.05, 0.1) is 0 Å². The van der Waals surface area contributed by atoms with Gasteiger partial charge in [-0.05, 0) is 0 Å². The Morgan fingerprint density at radius 2 is 0.581 bits per heavy atom. The molecular weight excluding hydrogens is 477 g/mol. The molecule has 0 saturated carbocycles. The number of nitrogens with zero attached hydrogens (tertiary/aromatic N) is 4. The van der Waals surface area contributed by atoms with Crippen molar-refractivity contribution in [1.82, 2.24) is 0 Å². The maximum absolute atomic E-state index is 7.75. The molecule has 0 bridgehead atoms. The summed E-state index contributed by atoms with van der Waals surface area (Å²) in [5.74, 6) is 0. The fourth-order valence-corrected chi connectivity index (χ4v) is 2.10. The van der Waals surface area contributed by atoms with Gasteiger partial charge in [0, 0.05) is 0 Å². The Morgan fingerprint density at radius 3 is 0.645 bits per heavy atom. The van der Waals surface area contributed by atoms with Crippen LogP contribution in [0.4, 0.5) is 0 Å². The Hall–Kier alpha value is -0.197. The molecular formula is C24H50N4O2Ru. The van der Waals surface area contributed by atoms with E-state index in [0.29, 0.717) is 24.2 Å². The summed E-state index contributed by atoms with van der Waals surface area (Å²) in [6.45, 7) is 36.5. The van der Waals surface area contributed by atoms with Gasteiger partial charge >= 0.3 is 19.5 Å². The minimum absolute atomic E-state index is 0. The normalized spacial score (nSPS) is 11.5. The SMILES string of the molecule is CC(C)[N-]C([N-]C(C)C)C(C)(C)C.CC(C)[N-]C([N-]C(C)C)C(C)(C)C.[CH-]=O.[CH-]=O.[Ru+6]. The first-order chi connectivity index (χ1) is 13.5. The van der Waals surface area contributed by atoms with E-state index < -0.39 is 0 Å². The molecule has 0 aliphatic heterocycles. The summed E-state index contributed by atoms with van der Waals surface area (Å²) in [5.41, 5.74) is 0.295. The molecule has 7 heteroatoms. The smallest absolute Gasteiger partial charge is 0.675 e. The van der Waals surface area contributed by atoms with Crippen LogP contribution in [0.3, 0.4) is 0 Å². The molecule has 0 aromatic heterocycles. The Kier molecular flexibility index (Phi) is 28.7. The van der Waals surface area contributed by atoms with Crippen molar-refractivity contribution in [2.24, 2.45) is 10.8 Å². The second-order valence-corrected chi connectivity index (χ2v) is 10.5. The van der Waals surface area contributed by atoms with E-state index in [0.717, 1.165) is 0 Å². The summed E-state index contributed by atoms with van der Waals surface area (Å²) in [5, 5.41) is 18.5. The van der Waals surface area contributed by atoms with Crippen LogP contribution in [0.1, 0.15) is 96.9 Å². The van der Waals surface area contributed by atoms with Crippen LogP contribution in [0.5, 0.6) is 0 Å². The molecule has 0 fully saturated rings. The third-order valence-corrected chi connectivity index (χ3v) is 3.31. The zero-order valence-electron chi connectivity index (χ0n) is 22.6. The maximum atomic E-state index is 7.75. The zero-order chi connectivity index (χ0) is 25.3. The fourth-order valence-electron chi connectivity index (χ4n) is 2.10. The average Bonchev–Trinajstić information content (AvgIpc) is 2.54. The van der Waals surface area contributed by atoms with Crippen molar-refractivity contribution >= 4 is 13.6 Å². The standard InChI is InChI=1S/2C11H24N2.2CHO.Ru/c2*1-8(2)12-10(11(5,6)7)13-9(3)4;2*1-2;/h2*8-10H,1-7H3;2*1H;/q2*-2;2*-1;+6. The molecule has 0 rings (SSSR count). The number of hydrogen-bond acceptors (Lipinski definition) is 2. The Bertz CT molecular complexity index is 323. The maximum Gasteiger partial charge on any atom is 6.00 e. The minimum Gasteiger partial charge on any atom is -0.675 e. The largest absolute Gasteiger partial charge is 6.00 e. The van der Waals surface area contributed by atoms with Crippen LogP contribution in [0, 0.1) is 10.8 Å². The Labute approximate surface area is 208 Å². The van der Waals surface area contributed by atoms with Crippen LogP contribution >= 0.6 is 0 Å². The zero-order valence-corrected chi connectivity index (χ0v) is 24.3. The third-order valence-electron chi connectivity index (χ3n) is 3.31. The minimum atomic E-state index is 0. The monoisotopic (exact) mass is 528 g/mol. The van der Waals surface area contributed by atoms with E-state index in [1.165, 1.54) is 0 Å². The molecule has 6 nitrogen and oxygen atoms in total. The molecule has 0 amide bonds. The van der Waals surface area contributed by atoms with Gasteiger partial charge in [0.25, 0.3) is 0 Å². The Morgan fingerprint density at radius 1 is 0.452 bits per heavy atom. The molecule has 186 valence electrons. The van der Waals surface area contributed by atoms with Gasteiger partial charge in [-0.2, -0.15) is 0 Å². The molecule has 0 unspecified atom stereocenters. The van der Waals surface area contributed by atoms with E-state index in [9.17, 15) is 0 Å². The summed E-state index contributed by atoms with van der Waals surface area (Å²) < 4.78 is 0.